The van der Waals surface area contributed by atoms with E-state index in [1.54, 1.807) is 28.4 Å². The smallest absolute Gasteiger partial charge is 0.191 e. The summed E-state index contributed by atoms with van der Waals surface area (Å²) in [5.41, 5.74) is 3.18. The summed E-state index contributed by atoms with van der Waals surface area (Å²) >= 11 is 0. The minimum atomic E-state index is -0.0488. The second-order valence-electron chi connectivity index (χ2n) is 7.30. The molecule has 170 valence electrons. The molecule has 1 heterocycles. The fraction of sp³-hybridized carbons (Fsp3) is 0.435. The Balaban J connectivity index is 0.00000341. The van der Waals surface area contributed by atoms with Crippen molar-refractivity contribution in [2.45, 2.75) is 39.0 Å². The van der Waals surface area contributed by atoms with Crippen molar-refractivity contribution in [1.82, 2.24) is 10.6 Å². The molecular formula is C23H32IN3O4. The zero-order valence-corrected chi connectivity index (χ0v) is 21.3. The maximum absolute atomic E-state index is 5.89. The lowest BCUT2D eigenvalue weighted by Gasteiger charge is -2.21. The average molecular weight is 541 g/mol. The third-order valence-corrected chi connectivity index (χ3v) is 5.23. The monoisotopic (exact) mass is 541 g/mol. The van der Waals surface area contributed by atoms with E-state index in [0.29, 0.717) is 12.5 Å². The Morgan fingerprint density at radius 1 is 1.13 bits per heavy atom. The molecule has 2 unspecified atom stereocenters. The van der Waals surface area contributed by atoms with Gasteiger partial charge in [0.2, 0.25) is 0 Å². The maximum Gasteiger partial charge on any atom is 0.191 e. The van der Waals surface area contributed by atoms with Gasteiger partial charge in [-0.1, -0.05) is 0 Å². The number of halogens is 1. The summed E-state index contributed by atoms with van der Waals surface area (Å²) in [6, 6.07) is 9.81. The second kappa shape index (κ2) is 11.3. The van der Waals surface area contributed by atoms with Gasteiger partial charge in [0.15, 0.2) is 5.96 Å². The van der Waals surface area contributed by atoms with Crippen LogP contribution in [0.2, 0.25) is 0 Å². The number of ether oxygens (including phenoxy) is 4. The van der Waals surface area contributed by atoms with E-state index in [1.807, 2.05) is 24.3 Å². The van der Waals surface area contributed by atoms with Crippen LogP contribution in [0.25, 0.3) is 0 Å². The first kappa shape index (κ1) is 24.9. The molecule has 0 bridgehead atoms. The number of fused-ring (bicyclic) bond motifs is 1. The van der Waals surface area contributed by atoms with Crippen LogP contribution in [0.4, 0.5) is 0 Å². The fourth-order valence-corrected chi connectivity index (χ4v) is 3.64. The molecule has 0 saturated carbocycles. The minimum absolute atomic E-state index is 0. The van der Waals surface area contributed by atoms with Crippen molar-refractivity contribution in [3.8, 4) is 23.0 Å². The highest BCUT2D eigenvalue weighted by atomic mass is 127. The SMILES string of the molecule is CN=C(NCc1cc2c(cc1OC)CC(C)O2)NC(C)c1cc(OC)ccc1OC.I. The first-order valence-electron chi connectivity index (χ1n) is 10.0. The number of methoxy groups -OCH3 is 3. The van der Waals surface area contributed by atoms with Gasteiger partial charge in [-0.15, -0.1) is 24.0 Å². The molecule has 0 aromatic heterocycles. The Morgan fingerprint density at radius 3 is 2.52 bits per heavy atom. The highest BCUT2D eigenvalue weighted by Gasteiger charge is 2.22. The van der Waals surface area contributed by atoms with Crippen LogP contribution in [0.1, 0.15) is 36.6 Å². The molecule has 31 heavy (non-hydrogen) atoms. The standard InChI is InChI=1S/C23H31N3O4.HI/c1-14-9-16-10-21(29-6)17(11-22(16)30-14)13-25-23(24-3)26-15(2)19-12-18(27-4)7-8-20(19)28-5;/h7-8,10-12,14-15H,9,13H2,1-6H3,(H2,24,25,26);1H. The predicted octanol–water partition coefficient (Wildman–Crippen LogP) is 4.08. The molecule has 3 rings (SSSR count). The van der Waals surface area contributed by atoms with Gasteiger partial charge >= 0.3 is 0 Å². The summed E-state index contributed by atoms with van der Waals surface area (Å²) in [7, 11) is 6.75. The first-order chi connectivity index (χ1) is 14.5. The van der Waals surface area contributed by atoms with Gasteiger partial charge in [-0.05, 0) is 44.2 Å². The molecule has 8 heteroatoms. The topological polar surface area (TPSA) is 73.3 Å². The number of rotatable bonds is 7. The van der Waals surface area contributed by atoms with Crippen LogP contribution in [-0.2, 0) is 13.0 Å². The molecule has 2 atom stereocenters. The van der Waals surface area contributed by atoms with E-state index >= 15 is 0 Å². The fourth-order valence-electron chi connectivity index (χ4n) is 3.64. The number of hydrogen-bond donors (Lipinski definition) is 2. The molecule has 0 radical (unpaired) electrons. The molecule has 0 saturated heterocycles. The largest absolute Gasteiger partial charge is 0.497 e. The van der Waals surface area contributed by atoms with Gasteiger partial charge in [0, 0.05) is 36.7 Å². The van der Waals surface area contributed by atoms with Crippen LogP contribution in [-0.4, -0.2) is 40.4 Å². The van der Waals surface area contributed by atoms with Crippen molar-refractivity contribution in [3.63, 3.8) is 0 Å². The van der Waals surface area contributed by atoms with Gasteiger partial charge in [0.25, 0.3) is 0 Å². The molecule has 2 aromatic rings. The van der Waals surface area contributed by atoms with Crippen molar-refractivity contribution in [2.75, 3.05) is 28.4 Å². The van der Waals surface area contributed by atoms with E-state index in [4.69, 9.17) is 18.9 Å². The van der Waals surface area contributed by atoms with Crippen LogP contribution >= 0.6 is 24.0 Å². The van der Waals surface area contributed by atoms with Gasteiger partial charge in [-0.25, -0.2) is 0 Å². The van der Waals surface area contributed by atoms with E-state index in [2.05, 4.69) is 35.5 Å². The molecule has 0 fully saturated rings. The Kier molecular flexibility index (Phi) is 9.09. The molecule has 0 amide bonds. The van der Waals surface area contributed by atoms with Crippen molar-refractivity contribution in [1.29, 1.82) is 0 Å². The number of hydrogen-bond acceptors (Lipinski definition) is 5. The number of nitrogens with zero attached hydrogens (tertiary/aromatic N) is 1. The van der Waals surface area contributed by atoms with E-state index in [0.717, 1.165) is 40.5 Å². The van der Waals surface area contributed by atoms with Crippen LogP contribution in [0.3, 0.4) is 0 Å². The summed E-state index contributed by atoms with van der Waals surface area (Å²) in [4.78, 5) is 4.36. The lowest BCUT2D eigenvalue weighted by molar-refractivity contribution is 0.254. The molecule has 7 nitrogen and oxygen atoms in total. The molecular weight excluding hydrogens is 509 g/mol. The number of nitrogens with one attached hydrogen (secondary N) is 2. The molecule has 2 aromatic carbocycles. The zero-order valence-electron chi connectivity index (χ0n) is 18.9. The van der Waals surface area contributed by atoms with E-state index in [-0.39, 0.29) is 36.1 Å². The van der Waals surface area contributed by atoms with E-state index in [9.17, 15) is 0 Å². The zero-order chi connectivity index (χ0) is 21.7. The third kappa shape index (κ3) is 5.87. The average Bonchev–Trinajstić information content (AvgIpc) is 3.13. The quantitative estimate of drug-likeness (QED) is 0.313. The highest BCUT2D eigenvalue weighted by Crippen LogP contribution is 2.35. The lowest BCUT2D eigenvalue weighted by atomic mass is 10.1. The van der Waals surface area contributed by atoms with Crippen LogP contribution in [0.5, 0.6) is 23.0 Å². The van der Waals surface area contributed by atoms with Crippen molar-refractivity contribution in [3.05, 3.63) is 47.0 Å². The summed E-state index contributed by atoms with van der Waals surface area (Å²) in [6.07, 6.45) is 1.10. The highest BCUT2D eigenvalue weighted by molar-refractivity contribution is 14.0. The summed E-state index contributed by atoms with van der Waals surface area (Å²) < 4.78 is 22.3. The molecule has 2 N–H and O–H groups in total. The van der Waals surface area contributed by atoms with Gasteiger partial charge < -0.3 is 29.6 Å². The molecule has 0 aliphatic carbocycles. The van der Waals surface area contributed by atoms with Crippen molar-refractivity contribution >= 4 is 29.9 Å². The van der Waals surface area contributed by atoms with Crippen molar-refractivity contribution < 1.29 is 18.9 Å². The number of aliphatic imine (C=N–C) groups is 1. The summed E-state index contributed by atoms with van der Waals surface area (Å²) in [6.45, 7) is 4.68. The number of guanidine groups is 1. The van der Waals surface area contributed by atoms with Crippen LogP contribution in [0, 0.1) is 0 Å². The molecule has 0 spiro atoms. The van der Waals surface area contributed by atoms with Crippen molar-refractivity contribution in [2.24, 2.45) is 4.99 Å². The minimum Gasteiger partial charge on any atom is -0.497 e. The van der Waals surface area contributed by atoms with Gasteiger partial charge in [0.1, 0.15) is 29.1 Å². The Bertz CT molecular complexity index is 920. The van der Waals surface area contributed by atoms with E-state index < -0.39 is 0 Å². The first-order valence-corrected chi connectivity index (χ1v) is 10.0. The molecule has 1 aliphatic rings. The Labute approximate surface area is 201 Å². The van der Waals surface area contributed by atoms with Crippen LogP contribution in [0.15, 0.2) is 35.3 Å². The van der Waals surface area contributed by atoms with Crippen LogP contribution < -0.4 is 29.6 Å². The lowest BCUT2D eigenvalue weighted by Crippen LogP contribution is -2.38. The molecule has 1 aliphatic heterocycles. The second-order valence-corrected chi connectivity index (χ2v) is 7.30. The Morgan fingerprint density at radius 2 is 1.87 bits per heavy atom. The summed E-state index contributed by atoms with van der Waals surface area (Å²) in [5, 5.41) is 6.77. The Hall–Kier alpha value is -2.36. The van der Waals surface area contributed by atoms with E-state index in [1.165, 1.54) is 5.56 Å². The van der Waals surface area contributed by atoms with Gasteiger partial charge in [-0.3, -0.25) is 4.99 Å². The third-order valence-electron chi connectivity index (χ3n) is 5.23. The van der Waals surface area contributed by atoms with Gasteiger partial charge in [-0.2, -0.15) is 0 Å². The predicted molar refractivity (Wildman–Crippen MR) is 133 cm³/mol. The normalized spacial score (nSPS) is 15.8. The maximum atomic E-state index is 5.89. The van der Waals surface area contributed by atoms with Gasteiger partial charge in [0.05, 0.1) is 27.4 Å². The number of benzene rings is 2. The summed E-state index contributed by atoms with van der Waals surface area (Å²) in [5.74, 6) is 4.01.